The van der Waals surface area contributed by atoms with Crippen LogP contribution in [0.15, 0.2) is 18.2 Å². The van der Waals surface area contributed by atoms with Crippen molar-refractivity contribution in [3.8, 4) is 0 Å². The highest BCUT2D eigenvalue weighted by molar-refractivity contribution is 5.89. The number of aromatic amines is 1. The van der Waals surface area contributed by atoms with Crippen LogP contribution in [-0.4, -0.2) is 22.5 Å². The van der Waals surface area contributed by atoms with Gasteiger partial charge in [-0.05, 0) is 31.0 Å². The standard InChI is InChI=1S/C12H16N4O/c1-3-8-5-6-9-10(7-8)15-11(14-9)16-12(17)13-4-2/h5-7H,3-4H2,1-2H3,(H3,13,14,15,16,17). The molecule has 17 heavy (non-hydrogen) atoms. The van der Waals surface area contributed by atoms with Gasteiger partial charge >= 0.3 is 6.03 Å². The van der Waals surface area contributed by atoms with Gasteiger partial charge in [0.15, 0.2) is 0 Å². The lowest BCUT2D eigenvalue weighted by atomic mass is 10.1. The van der Waals surface area contributed by atoms with Crippen molar-refractivity contribution in [2.75, 3.05) is 11.9 Å². The van der Waals surface area contributed by atoms with E-state index in [1.807, 2.05) is 25.1 Å². The van der Waals surface area contributed by atoms with Crippen molar-refractivity contribution in [1.82, 2.24) is 15.3 Å². The average molecular weight is 232 g/mol. The Morgan fingerprint density at radius 3 is 2.94 bits per heavy atom. The first-order valence-electron chi connectivity index (χ1n) is 5.76. The van der Waals surface area contributed by atoms with Gasteiger partial charge in [0.2, 0.25) is 5.95 Å². The summed E-state index contributed by atoms with van der Waals surface area (Å²) in [6, 6.07) is 5.79. The highest BCUT2D eigenvalue weighted by atomic mass is 16.2. The number of aryl methyl sites for hydroxylation is 1. The first kappa shape index (κ1) is 11.4. The number of carbonyl (C=O) groups is 1. The van der Waals surface area contributed by atoms with E-state index >= 15 is 0 Å². The minimum Gasteiger partial charge on any atom is -0.338 e. The van der Waals surface area contributed by atoms with Gasteiger partial charge in [-0.15, -0.1) is 0 Å². The van der Waals surface area contributed by atoms with Crippen molar-refractivity contribution < 1.29 is 4.79 Å². The predicted octanol–water partition coefficient (Wildman–Crippen LogP) is 2.27. The summed E-state index contributed by atoms with van der Waals surface area (Å²) in [5, 5.41) is 5.30. The van der Waals surface area contributed by atoms with E-state index in [9.17, 15) is 4.79 Å². The van der Waals surface area contributed by atoms with Gasteiger partial charge in [-0.1, -0.05) is 13.0 Å². The number of imidazole rings is 1. The van der Waals surface area contributed by atoms with Crippen molar-refractivity contribution >= 4 is 23.0 Å². The van der Waals surface area contributed by atoms with Crippen LogP contribution < -0.4 is 10.6 Å². The SMILES string of the molecule is CCNC(=O)Nc1nc2ccc(CC)cc2[nH]1. The third-order valence-electron chi connectivity index (χ3n) is 2.52. The number of amides is 2. The topological polar surface area (TPSA) is 69.8 Å². The van der Waals surface area contributed by atoms with Gasteiger partial charge in [-0.2, -0.15) is 0 Å². The lowest BCUT2D eigenvalue weighted by molar-refractivity contribution is 0.252. The number of benzene rings is 1. The van der Waals surface area contributed by atoms with Crippen LogP contribution in [0, 0.1) is 0 Å². The molecular formula is C12H16N4O. The molecule has 0 fully saturated rings. The Morgan fingerprint density at radius 2 is 2.24 bits per heavy atom. The van der Waals surface area contributed by atoms with Crippen LogP contribution in [0.4, 0.5) is 10.7 Å². The van der Waals surface area contributed by atoms with Gasteiger partial charge in [0.05, 0.1) is 11.0 Å². The number of rotatable bonds is 3. The van der Waals surface area contributed by atoms with Gasteiger partial charge in [-0.25, -0.2) is 9.78 Å². The molecule has 2 aromatic rings. The third-order valence-corrected chi connectivity index (χ3v) is 2.52. The second-order valence-corrected chi connectivity index (χ2v) is 3.77. The molecule has 1 aromatic carbocycles. The molecule has 0 aliphatic carbocycles. The fourth-order valence-electron chi connectivity index (χ4n) is 1.65. The zero-order valence-electron chi connectivity index (χ0n) is 10.0. The summed E-state index contributed by atoms with van der Waals surface area (Å²) in [6.45, 7) is 4.56. The Balaban J connectivity index is 2.22. The zero-order chi connectivity index (χ0) is 12.3. The number of nitrogens with zero attached hydrogens (tertiary/aromatic N) is 1. The normalized spacial score (nSPS) is 10.5. The van der Waals surface area contributed by atoms with Crippen LogP contribution in [0.3, 0.4) is 0 Å². The number of H-pyrrole nitrogens is 1. The van der Waals surface area contributed by atoms with Gasteiger partial charge in [0.25, 0.3) is 0 Å². The van der Waals surface area contributed by atoms with Crippen LogP contribution >= 0.6 is 0 Å². The molecule has 1 heterocycles. The average Bonchev–Trinajstić information content (AvgIpc) is 2.69. The third kappa shape index (κ3) is 2.55. The highest BCUT2D eigenvalue weighted by Crippen LogP contribution is 2.16. The fourth-order valence-corrected chi connectivity index (χ4v) is 1.65. The van der Waals surface area contributed by atoms with Crippen LogP contribution in [-0.2, 0) is 6.42 Å². The van der Waals surface area contributed by atoms with Crippen molar-refractivity contribution in [2.24, 2.45) is 0 Å². The molecule has 2 amide bonds. The molecule has 0 saturated heterocycles. The number of anilines is 1. The van der Waals surface area contributed by atoms with Crippen molar-refractivity contribution in [3.63, 3.8) is 0 Å². The maximum atomic E-state index is 11.3. The van der Waals surface area contributed by atoms with E-state index in [2.05, 4.69) is 27.5 Å². The number of urea groups is 1. The minimum absolute atomic E-state index is 0.248. The molecule has 0 aliphatic rings. The number of aromatic nitrogens is 2. The van der Waals surface area contributed by atoms with Crippen molar-refractivity contribution in [1.29, 1.82) is 0 Å². The maximum Gasteiger partial charge on any atom is 0.321 e. The molecule has 0 aliphatic heterocycles. The molecule has 5 heteroatoms. The predicted molar refractivity (Wildman–Crippen MR) is 68.2 cm³/mol. The molecule has 0 bridgehead atoms. The Morgan fingerprint density at radius 1 is 1.41 bits per heavy atom. The fraction of sp³-hybridized carbons (Fsp3) is 0.333. The largest absolute Gasteiger partial charge is 0.338 e. The minimum atomic E-state index is -0.248. The Hall–Kier alpha value is -2.04. The summed E-state index contributed by atoms with van der Waals surface area (Å²) >= 11 is 0. The molecule has 5 nitrogen and oxygen atoms in total. The summed E-state index contributed by atoms with van der Waals surface area (Å²) in [5.41, 5.74) is 3.04. The van der Waals surface area contributed by atoms with Gasteiger partial charge in [0, 0.05) is 6.54 Å². The van der Waals surface area contributed by atoms with Crippen LogP contribution in [0.1, 0.15) is 19.4 Å². The van der Waals surface area contributed by atoms with Crippen LogP contribution in [0.25, 0.3) is 11.0 Å². The van der Waals surface area contributed by atoms with Gasteiger partial charge in [0.1, 0.15) is 0 Å². The Kier molecular flexibility index (Phi) is 3.27. The molecule has 0 atom stereocenters. The van der Waals surface area contributed by atoms with Crippen molar-refractivity contribution in [2.45, 2.75) is 20.3 Å². The van der Waals surface area contributed by atoms with Crippen molar-refractivity contribution in [3.05, 3.63) is 23.8 Å². The van der Waals surface area contributed by atoms with Gasteiger partial charge < -0.3 is 10.3 Å². The molecule has 2 rings (SSSR count). The number of hydrogen-bond acceptors (Lipinski definition) is 2. The van der Waals surface area contributed by atoms with E-state index in [0.717, 1.165) is 17.5 Å². The molecule has 0 saturated carbocycles. The Labute approximate surface area is 99.6 Å². The summed E-state index contributed by atoms with van der Waals surface area (Å²) in [4.78, 5) is 18.7. The number of fused-ring (bicyclic) bond motifs is 1. The van der Waals surface area contributed by atoms with Crippen LogP contribution in [0.5, 0.6) is 0 Å². The quantitative estimate of drug-likeness (QED) is 0.759. The van der Waals surface area contributed by atoms with Gasteiger partial charge in [-0.3, -0.25) is 5.32 Å². The summed E-state index contributed by atoms with van der Waals surface area (Å²) in [5.74, 6) is 0.471. The van der Waals surface area contributed by atoms with E-state index in [-0.39, 0.29) is 6.03 Å². The molecule has 1 aromatic heterocycles. The van der Waals surface area contributed by atoms with E-state index in [1.165, 1.54) is 5.56 Å². The summed E-state index contributed by atoms with van der Waals surface area (Å²) in [6.07, 6.45) is 0.980. The Bertz CT molecular complexity index is 532. The highest BCUT2D eigenvalue weighted by Gasteiger charge is 2.05. The van der Waals surface area contributed by atoms with Crippen LogP contribution in [0.2, 0.25) is 0 Å². The molecular weight excluding hydrogens is 216 g/mol. The second kappa shape index (κ2) is 4.86. The first-order chi connectivity index (χ1) is 8.22. The molecule has 0 unspecified atom stereocenters. The first-order valence-corrected chi connectivity index (χ1v) is 5.76. The molecule has 0 radical (unpaired) electrons. The summed E-state index contributed by atoms with van der Waals surface area (Å²) in [7, 11) is 0. The lowest BCUT2D eigenvalue weighted by Crippen LogP contribution is -2.28. The van der Waals surface area contributed by atoms with E-state index in [4.69, 9.17) is 0 Å². The van der Waals surface area contributed by atoms with E-state index in [0.29, 0.717) is 12.5 Å². The molecule has 0 spiro atoms. The number of nitrogens with one attached hydrogen (secondary N) is 3. The lowest BCUT2D eigenvalue weighted by Gasteiger charge is -2.00. The monoisotopic (exact) mass is 232 g/mol. The second-order valence-electron chi connectivity index (χ2n) is 3.77. The number of hydrogen-bond donors (Lipinski definition) is 3. The zero-order valence-corrected chi connectivity index (χ0v) is 10.0. The molecule has 90 valence electrons. The smallest absolute Gasteiger partial charge is 0.321 e. The maximum absolute atomic E-state index is 11.3. The van der Waals surface area contributed by atoms with E-state index < -0.39 is 0 Å². The molecule has 3 N–H and O–H groups in total. The summed E-state index contributed by atoms with van der Waals surface area (Å²) < 4.78 is 0. The van der Waals surface area contributed by atoms with E-state index in [1.54, 1.807) is 0 Å². The number of carbonyl (C=O) groups excluding carboxylic acids is 1.